The van der Waals surface area contributed by atoms with E-state index >= 15 is 0 Å². The molecule has 0 saturated heterocycles. The molecule has 5 nitrogen and oxygen atoms in total. The molecule has 1 heterocycles. The number of carbonyl (C=O) groups excluding carboxylic acids is 1. The highest BCUT2D eigenvalue weighted by atomic mass is 35.5. The molecule has 0 bridgehead atoms. The zero-order valence-corrected chi connectivity index (χ0v) is 13.6. The summed E-state index contributed by atoms with van der Waals surface area (Å²) in [5, 5.41) is 6.80. The van der Waals surface area contributed by atoms with E-state index < -0.39 is 0 Å². The van der Waals surface area contributed by atoms with Gasteiger partial charge in [-0.25, -0.2) is 0 Å². The van der Waals surface area contributed by atoms with Crippen molar-refractivity contribution in [2.24, 2.45) is 0 Å². The second-order valence-electron chi connectivity index (χ2n) is 4.92. The van der Waals surface area contributed by atoms with Crippen LogP contribution in [-0.4, -0.2) is 19.2 Å². The van der Waals surface area contributed by atoms with Crippen LogP contribution in [0.15, 0.2) is 36.4 Å². The summed E-state index contributed by atoms with van der Waals surface area (Å²) < 4.78 is 10.5. The molecule has 2 N–H and O–H groups in total. The van der Waals surface area contributed by atoms with Crippen LogP contribution in [0.1, 0.15) is 6.42 Å². The zero-order chi connectivity index (χ0) is 16.2. The molecule has 2 aromatic carbocycles. The van der Waals surface area contributed by atoms with Crippen molar-refractivity contribution in [2.75, 3.05) is 24.0 Å². The van der Waals surface area contributed by atoms with Gasteiger partial charge in [-0.05, 0) is 30.3 Å². The van der Waals surface area contributed by atoms with Crippen LogP contribution in [0, 0.1) is 0 Å². The lowest BCUT2D eigenvalue weighted by Gasteiger charge is -2.09. The van der Waals surface area contributed by atoms with Gasteiger partial charge in [0.2, 0.25) is 12.7 Å². The van der Waals surface area contributed by atoms with Gasteiger partial charge in [-0.15, -0.1) is 0 Å². The largest absolute Gasteiger partial charge is 0.454 e. The van der Waals surface area contributed by atoms with E-state index in [4.69, 9.17) is 32.7 Å². The summed E-state index contributed by atoms with van der Waals surface area (Å²) in [4.78, 5) is 11.9. The molecule has 0 radical (unpaired) electrons. The van der Waals surface area contributed by atoms with Crippen LogP contribution >= 0.6 is 23.2 Å². The predicted octanol–water partition coefficient (Wildman–Crippen LogP) is 4.16. The monoisotopic (exact) mass is 352 g/mol. The Bertz CT molecular complexity index is 737. The Morgan fingerprint density at radius 3 is 2.61 bits per heavy atom. The number of hydrogen-bond acceptors (Lipinski definition) is 4. The molecule has 0 aromatic heterocycles. The van der Waals surface area contributed by atoms with Crippen LogP contribution in [-0.2, 0) is 4.79 Å². The van der Waals surface area contributed by atoms with Gasteiger partial charge >= 0.3 is 0 Å². The Labute approximate surface area is 143 Å². The summed E-state index contributed by atoms with van der Waals surface area (Å²) in [5.41, 5.74) is 1.49. The highest BCUT2D eigenvalue weighted by molar-refractivity contribution is 6.42. The molecule has 0 saturated carbocycles. The maximum atomic E-state index is 11.9. The van der Waals surface area contributed by atoms with Crippen molar-refractivity contribution in [3.63, 3.8) is 0 Å². The normalized spacial score (nSPS) is 12.1. The molecule has 0 spiro atoms. The SMILES string of the molecule is O=C(CCNc1ccc2c(c1)OCO2)Nc1ccc(Cl)c(Cl)c1. The van der Waals surface area contributed by atoms with Crippen LogP contribution in [0.25, 0.3) is 0 Å². The topological polar surface area (TPSA) is 59.6 Å². The van der Waals surface area contributed by atoms with Crippen molar-refractivity contribution in [3.8, 4) is 11.5 Å². The Kier molecular flexibility index (Phi) is 4.79. The number of rotatable bonds is 5. The van der Waals surface area contributed by atoms with E-state index in [2.05, 4.69) is 10.6 Å². The zero-order valence-electron chi connectivity index (χ0n) is 12.1. The molecule has 0 aliphatic carbocycles. The molecule has 1 aliphatic rings. The number of halogens is 2. The van der Waals surface area contributed by atoms with Gasteiger partial charge in [0.05, 0.1) is 10.0 Å². The van der Waals surface area contributed by atoms with Gasteiger partial charge in [-0.3, -0.25) is 4.79 Å². The lowest BCUT2D eigenvalue weighted by molar-refractivity contribution is -0.115. The number of amides is 1. The fraction of sp³-hybridized carbons (Fsp3) is 0.188. The fourth-order valence-corrected chi connectivity index (χ4v) is 2.42. The Hall–Kier alpha value is -2.11. The van der Waals surface area contributed by atoms with Gasteiger partial charge in [-0.1, -0.05) is 23.2 Å². The summed E-state index contributed by atoms with van der Waals surface area (Å²) in [6.07, 6.45) is 0.314. The number of anilines is 2. The number of fused-ring (bicyclic) bond motifs is 1. The van der Waals surface area contributed by atoms with Crippen LogP contribution in [0.2, 0.25) is 10.0 Å². The maximum absolute atomic E-state index is 11.9. The highest BCUT2D eigenvalue weighted by Gasteiger charge is 2.13. The Morgan fingerprint density at radius 1 is 1.00 bits per heavy atom. The molecule has 0 atom stereocenters. The second-order valence-corrected chi connectivity index (χ2v) is 5.74. The quantitative estimate of drug-likeness (QED) is 0.847. The van der Waals surface area contributed by atoms with Crippen molar-refractivity contribution < 1.29 is 14.3 Å². The third-order valence-corrected chi connectivity index (χ3v) is 4.00. The average Bonchev–Trinajstić information content (AvgIpc) is 2.98. The first-order valence-electron chi connectivity index (χ1n) is 7.00. The Morgan fingerprint density at radius 2 is 1.78 bits per heavy atom. The molecule has 2 aromatic rings. The third-order valence-electron chi connectivity index (χ3n) is 3.26. The van der Waals surface area contributed by atoms with Crippen LogP contribution in [0.4, 0.5) is 11.4 Å². The van der Waals surface area contributed by atoms with E-state index in [0.717, 1.165) is 11.4 Å². The molecule has 23 heavy (non-hydrogen) atoms. The molecule has 1 aliphatic heterocycles. The maximum Gasteiger partial charge on any atom is 0.231 e. The summed E-state index contributed by atoms with van der Waals surface area (Å²) in [6.45, 7) is 0.734. The molecular weight excluding hydrogens is 339 g/mol. The standard InChI is InChI=1S/C16H14Cl2N2O3/c17-12-3-1-11(7-13(12)18)20-16(21)5-6-19-10-2-4-14-15(8-10)23-9-22-14/h1-4,7-8,19H,5-6,9H2,(H,20,21). The third kappa shape index (κ3) is 4.00. The van der Waals surface area contributed by atoms with Crippen molar-refractivity contribution in [1.82, 2.24) is 0 Å². The van der Waals surface area contributed by atoms with Gasteiger partial charge in [-0.2, -0.15) is 0 Å². The summed E-state index contributed by atoms with van der Waals surface area (Å²) in [6, 6.07) is 10.5. The van der Waals surface area contributed by atoms with E-state index in [0.29, 0.717) is 34.4 Å². The summed E-state index contributed by atoms with van der Waals surface area (Å²) in [5.74, 6) is 1.32. The highest BCUT2D eigenvalue weighted by Crippen LogP contribution is 2.34. The van der Waals surface area contributed by atoms with Gasteiger partial charge in [0.1, 0.15) is 0 Å². The molecule has 1 amide bonds. The first-order chi connectivity index (χ1) is 11.1. The summed E-state index contributed by atoms with van der Waals surface area (Å²) in [7, 11) is 0. The van der Waals surface area contributed by atoms with Gasteiger partial charge in [0, 0.05) is 30.4 Å². The fourth-order valence-electron chi connectivity index (χ4n) is 2.12. The number of ether oxygens (including phenoxy) is 2. The van der Waals surface area contributed by atoms with E-state index in [1.165, 1.54) is 0 Å². The van der Waals surface area contributed by atoms with E-state index in [1.807, 2.05) is 18.2 Å². The first-order valence-corrected chi connectivity index (χ1v) is 7.76. The van der Waals surface area contributed by atoms with Crippen LogP contribution < -0.4 is 20.1 Å². The van der Waals surface area contributed by atoms with Crippen LogP contribution in [0.3, 0.4) is 0 Å². The molecule has 120 valence electrons. The smallest absolute Gasteiger partial charge is 0.231 e. The molecule has 3 rings (SSSR count). The first kappa shape index (κ1) is 15.8. The second kappa shape index (κ2) is 6.98. The van der Waals surface area contributed by atoms with Crippen molar-refractivity contribution in [1.29, 1.82) is 0 Å². The van der Waals surface area contributed by atoms with Crippen molar-refractivity contribution >= 4 is 40.5 Å². The van der Waals surface area contributed by atoms with Gasteiger partial charge in [0.25, 0.3) is 0 Å². The molecule has 0 fully saturated rings. The van der Waals surface area contributed by atoms with Gasteiger partial charge < -0.3 is 20.1 Å². The number of hydrogen-bond donors (Lipinski definition) is 2. The molecule has 0 unspecified atom stereocenters. The number of benzene rings is 2. The van der Waals surface area contributed by atoms with Crippen molar-refractivity contribution in [2.45, 2.75) is 6.42 Å². The van der Waals surface area contributed by atoms with Crippen LogP contribution in [0.5, 0.6) is 11.5 Å². The van der Waals surface area contributed by atoms with E-state index in [9.17, 15) is 4.79 Å². The van der Waals surface area contributed by atoms with E-state index in [1.54, 1.807) is 18.2 Å². The lowest BCUT2D eigenvalue weighted by atomic mass is 10.2. The minimum absolute atomic E-state index is 0.114. The average molecular weight is 353 g/mol. The minimum atomic E-state index is -0.114. The number of nitrogens with one attached hydrogen (secondary N) is 2. The van der Waals surface area contributed by atoms with Crippen molar-refractivity contribution in [3.05, 3.63) is 46.4 Å². The number of carbonyl (C=O) groups is 1. The molecular formula is C16H14Cl2N2O3. The predicted molar refractivity (Wildman–Crippen MR) is 90.8 cm³/mol. The van der Waals surface area contributed by atoms with E-state index in [-0.39, 0.29) is 12.7 Å². The summed E-state index contributed by atoms with van der Waals surface area (Å²) >= 11 is 11.7. The van der Waals surface area contributed by atoms with Gasteiger partial charge in [0.15, 0.2) is 11.5 Å². The lowest BCUT2D eigenvalue weighted by Crippen LogP contribution is -2.16. The Balaban J connectivity index is 1.48. The molecule has 7 heteroatoms. The minimum Gasteiger partial charge on any atom is -0.454 e.